The number of thioether (sulfide) groups is 2. The zero-order chi connectivity index (χ0) is 13.3. The Morgan fingerprint density at radius 1 is 1.39 bits per heavy atom. The molecule has 2 heterocycles. The van der Waals surface area contributed by atoms with Crippen LogP contribution in [-0.4, -0.2) is 57.3 Å². The molecule has 2 aliphatic heterocycles. The fraction of sp³-hybridized carbons (Fsp3) is 0.833. The lowest BCUT2D eigenvalue weighted by molar-refractivity contribution is -0.152. The highest BCUT2D eigenvalue weighted by atomic mass is 32.2. The Morgan fingerprint density at radius 3 is 2.72 bits per heavy atom. The summed E-state index contributed by atoms with van der Waals surface area (Å²) >= 11 is 3.85. The Morgan fingerprint density at radius 2 is 2.11 bits per heavy atom. The zero-order valence-electron chi connectivity index (χ0n) is 11.1. The third-order valence-corrected chi connectivity index (χ3v) is 6.19. The molecule has 1 N–H and O–H groups in total. The number of amides is 2. The van der Waals surface area contributed by atoms with Crippen molar-refractivity contribution in [2.24, 2.45) is 0 Å². The van der Waals surface area contributed by atoms with Gasteiger partial charge in [-0.3, -0.25) is 9.59 Å². The molecule has 2 unspecified atom stereocenters. The van der Waals surface area contributed by atoms with Crippen molar-refractivity contribution in [1.29, 1.82) is 0 Å². The number of rotatable bonds is 2. The summed E-state index contributed by atoms with van der Waals surface area (Å²) in [5.41, 5.74) is -0.768. The van der Waals surface area contributed by atoms with Gasteiger partial charge in [0.15, 0.2) is 0 Å². The van der Waals surface area contributed by atoms with Crippen LogP contribution in [0.3, 0.4) is 0 Å². The fourth-order valence-corrected chi connectivity index (χ4v) is 4.91. The number of hydrogen-bond acceptors (Lipinski definition) is 4. The molecule has 0 radical (unpaired) electrons. The van der Waals surface area contributed by atoms with Crippen LogP contribution < -0.4 is 5.32 Å². The molecule has 2 fully saturated rings. The summed E-state index contributed by atoms with van der Waals surface area (Å²) in [4.78, 5) is 26.0. The summed E-state index contributed by atoms with van der Waals surface area (Å²) in [5.74, 6) is 3.39. The van der Waals surface area contributed by atoms with E-state index in [2.05, 4.69) is 5.32 Å². The van der Waals surface area contributed by atoms with Crippen LogP contribution in [-0.2, 0) is 9.59 Å². The Kier molecular flexibility index (Phi) is 4.16. The molecule has 0 bridgehead atoms. The Bertz CT molecular complexity index is 354. The average molecular weight is 288 g/mol. The molecule has 102 valence electrons. The smallest absolute Gasteiger partial charge is 0.248 e. The lowest BCUT2D eigenvalue weighted by atomic mass is 9.97. The molecular weight excluding hydrogens is 268 g/mol. The lowest BCUT2D eigenvalue weighted by Gasteiger charge is -2.43. The maximum atomic E-state index is 12.4. The Balaban J connectivity index is 2.08. The van der Waals surface area contributed by atoms with Gasteiger partial charge in [-0.05, 0) is 20.8 Å². The van der Waals surface area contributed by atoms with Gasteiger partial charge in [0.05, 0.1) is 0 Å². The molecule has 0 saturated carbocycles. The summed E-state index contributed by atoms with van der Waals surface area (Å²) in [6, 6.07) is -0.349. The van der Waals surface area contributed by atoms with Crippen LogP contribution in [0.25, 0.3) is 0 Å². The van der Waals surface area contributed by atoms with Gasteiger partial charge in [0.1, 0.15) is 11.6 Å². The van der Waals surface area contributed by atoms with Crippen LogP contribution in [0.1, 0.15) is 20.8 Å². The van der Waals surface area contributed by atoms with Crippen molar-refractivity contribution in [2.75, 3.05) is 23.8 Å². The van der Waals surface area contributed by atoms with Gasteiger partial charge in [-0.15, -0.1) is 0 Å². The van der Waals surface area contributed by atoms with E-state index in [1.807, 2.05) is 30.4 Å². The van der Waals surface area contributed by atoms with Crippen molar-refractivity contribution in [3.05, 3.63) is 0 Å². The topological polar surface area (TPSA) is 49.4 Å². The molecule has 6 heteroatoms. The monoisotopic (exact) mass is 288 g/mol. The molecule has 2 rings (SSSR count). The van der Waals surface area contributed by atoms with Crippen molar-refractivity contribution < 1.29 is 9.59 Å². The van der Waals surface area contributed by atoms with Gasteiger partial charge in [-0.2, -0.15) is 23.5 Å². The van der Waals surface area contributed by atoms with Crippen molar-refractivity contribution >= 4 is 35.3 Å². The molecule has 2 amide bonds. The van der Waals surface area contributed by atoms with E-state index in [4.69, 9.17) is 0 Å². The number of nitrogens with zero attached hydrogens (tertiary/aromatic N) is 1. The highest BCUT2D eigenvalue weighted by Crippen LogP contribution is 2.27. The summed E-state index contributed by atoms with van der Waals surface area (Å²) in [6.07, 6.45) is 0. The van der Waals surface area contributed by atoms with Gasteiger partial charge < -0.3 is 10.2 Å². The second-order valence-corrected chi connectivity index (χ2v) is 7.87. The van der Waals surface area contributed by atoms with E-state index in [1.165, 1.54) is 5.75 Å². The van der Waals surface area contributed by atoms with E-state index < -0.39 is 5.54 Å². The SMILES string of the molecule is CC1C(=O)NC(C)(C)C(=O)N1CC1CSCCS1. The van der Waals surface area contributed by atoms with E-state index in [0.717, 1.165) is 11.5 Å². The summed E-state index contributed by atoms with van der Waals surface area (Å²) < 4.78 is 0. The molecule has 4 nitrogen and oxygen atoms in total. The standard InChI is InChI=1S/C12H20N2O2S2/c1-8-10(15)13-12(2,3)11(16)14(8)6-9-7-17-4-5-18-9/h8-9H,4-7H2,1-3H3,(H,13,15). The first-order valence-electron chi connectivity index (χ1n) is 6.24. The second kappa shape index (κ2) is 5.33. The number of carbonyl (C=O) groups is 2. The van der Waals surface area contributed by atoms with Crippen LogP contribution in [0.4, 0.5) is 0 Å². The quantitative estimate of drug-likeness (QED) is 0.822. The molecule has 18 heavy (non-hydrogen) atoms. The molecule has 2 saturated heterocycles. The third kappa shape index (κ3) is 2.79. The van der Waals surface area contributed by atoms with Crippen molar-refractivity contribution in [1.82, 2.24) is 10.2 Å². The first kappa shape index (κ1) is 14.1. The van der Waals surface area contributed by atoms with E-state index in [-0.39, 0.29) is 17.9 Å². The predicted molar refractivity (Wildman–Crippen MR) is 77.0 cm³/mol. The van der Waals surface area contributed by atoms with Crippen LogP contribution in [0, 0.1) is 0 Å². The molecule has 0 aromatic rings. The van der Waals surface area contributed by atoms with Crippen molar-refractivity contribution in [3.63, 3.8) is 0 Å². The first-order chi connectivity index (χ1) is 8.42. The average Bonchev–Trinajstić information content (AvgIpc) is 2.33. The van der Waals surface area contributed by atoms with Gasteiger partial charge in [0, 0.05) is 29.1 Å². The minimum Gasteiger partial charge on any atom is -0.340 e. The van der Waals surface area contributed by atoms with E-state index in [1.54, 1.807) is 18.7 Å². The fourth-order valence-electron chi connectivity index (χ4n) is 2.24. The number of carbonyl (C=O) groups excluding carboxylic acids is 2. The Labute approximate surface area is 117 Å². The maximum absolute atomic E-state index is 12.4. The molecule has 0 aromatic carbocycles. The molecule has 0 spiro atoms. The van der Waals surface area contributed by atoms with Gasteiger partial charge in [0.2, 0.25) is 11.8 Å². The normalized spacial score (nSPS) is 32.3. The van der Waals surface area contributed by atoms with Gasteiger partial charge in [-0.1, -0.05) is 0 Å². The maximum Gasteiger partial charge on any atom is 0.248 e. The van der Waals surface area contributed by atoms with E-state index in [0.29, 0.717) is 11.8 Å². The van der Waals surface area contributed by atoms with Crippen LogP contribution in [0.2, 0.25) is 0 Å². The highest BCUT2D eigenvalue weighted by Gasteiger charge is 2.43. The van der Waals surface area contributed by atoms with Crippen LogP contribution in [0.5, 0.6) is 0 Å². The van der Waals surface area contributed by atoms with E-state index in [9.17, 15) is 9.59 Å². The first-order valence-corrected chi connectivity index (χ1v) is 8.44. The molecule has 0 aromatic heterocycles. The van der Waals surface area contributed by atoms with E-state index >= 15 is 0 Å². The number of hydrogen-bond donors (Lipinski definition) is 1. The highest BCUT2D eigenvalue weighted by molar-refractivity contribution is 8.06. The predicted octanol–water partition coefficient (Wildman–Crippen LogP) is 0.960. The second-order valence-electron chi connectivity index (χ2n) is 5.32. The van der Waals surface area contributed by atoms with Gasteiger partial charge in [0.25, 0.3) is 0 Å². The minimum absolute atomic E-state index is 0.0331. The largest absolute Gasteiger partial charge is 0.340 e. The molecular formula is C12H20N2O2S2. The summed E-state index contributed by atoms with van der Waals surface area (Å²) in [5, 5.41) is 3.24. The zero-order valence-corrected chi connectivity index (χ0v) is 12.7. The van der Waals surface area contributed by atoms with Gasteiger partial charge >= 0.3 is 0 Å². The van der Waals surface area contributed by atoms with Crippen LogP contribution >= 0.6 is 23.5 Å². The van der Waals surface area contributed by atoms with Crippen molar-refractivity contribution in [2.45, 2.75) is 37.6 Å². The molecule has 0 aliphatic carbocycles. The van der Waals surface area contributed by atoms with Crippen molar-refractivity contribution in [3.8, 4) is 0 Å². The number of nitrogens with one attached hydrogen (secondary N) is 1. The third-order valence-electron chi connectivity index (χ3n) is 3.36. The lowest BCUT2D eigenvalue weighted by Crippen LogP contribution is -2.68. The Hall–Kier alpha value is -0.360. The molecule has 2 aliphatic rings. The number of piperazine rings is 1. The summed E-state index contributed by atoms with van der Waals surface area (Å²) in [6.45, 7) is 6.04. The van der Waals surface area contributed by atoms with Crippen LogP contribution in [0.15, 0.2) is 0 Å². The van der Waals surface area contributed by atoms with Gasteiger partial charge in [-0.25, -0.2) is 0 Å². The minimum atomic E-state index is -0.768. The summed E-state index contributed by atoms with van der Waals surface area (Å²) in [7, 11) is 0. The molecule has 2 atom stereocenters.